The van der Waals surface area contributed by atoms with E-state index in [0.717, 1.165) is 0 Å². The molecule has 0 aromatic rings. The van der Waals surface area contributed by atoms with Gasteiger partial charge in [-0.2, -0.15) is 0 Å². The summed E-state index contributed by atoms with van der Waals surface area (Å²) in [4.78, 5) is 44.4. The van der Waals surface area contributed by atoms with E-state index in [9.17, 15) is 19.2 Å². The van der Waals surface area contributed by atoms with E-state index in [1.54, 1.807) is 0 Å². The summed E-state index contributed by atoms with van der Waals surface area (Å²) >= 11 is 0. The molecule has 0 aromatic carbocycles. The van der Waals surface area contributed by atoms with Gasteiger partial charge in [-0.3, -0.25) is 0 Å². The minimum absolute atomic E-state index is 0. The Hall–Kier alpha value is 0.230. The zero-order valence-corrected chi connectivity index (χ0v) is 18.1. The van der Waals surface area contributed by atoms with Crippen molar-refractivity contribution in [3.05, 3.63) is 0 Å². The molecule has 0 bridgehead atoms. The van der Waals surface area contributed by atoms with Crippen LogP contribution < -0.4 is 69.9 Å². The first-order valence-corrected chi connectivity index (χ1v) is 8.85. The van der Waals surface area contributed by atoms with Crippen LogP contribution in [-0.2, 0) is 19.2 Å². The quantitative estimate of drug-likeness (QED) is 0.150. The van der Waals surface area contributed by atoms with E-state index in [2.05, 4.69) is 5.09 Å². The van der Waals surface area contributed by atoms with Crippen LogP contribution in [0, 0.1) is 0 Å². The molecule has 126 valence electrons. The van der Waals surface area contributed by atoms with Crippen molar-refractivity contribution in [1.29, 1.82) is 0 Å². The summed E-state index contributed by atoms with van der Waals surface area (Å²) in [6.45, 7) is -4.43. The van der Waals surface area contributed by atoms with Crippen LogP contribution in [0.2, 0.25) is 0 Å². The molecule has 0 unspecified atom stereocenters. The van der Waals surface area contributed by atoms with Crippen molar-refractivity contribution in [2.24, 2.45) is 5.73 Å². The molecule has 0 aliphatic heterocycles. The van der Waals surface area contributed by atoms with Gasteiger partial charge >= 0.3 is 178 Å². The minimum atomic E-state index is -4.34. The summed E-state index contributed by atoms with van der Waals surface area (Å²) in [7, 11) is 0. The maximum atomic E-state index is 11.1. The Morgan fingerprint density at radius 1 is 0.783 bits per heavy atom. The molecule has 7 N–H and O–H groups in total. The molecule has 13 heteroatoms. The van der Waals surface area contributed by atoms with Gasteiger partial charge in [0, 0.05) is 0 Å². The predicted molar refractivity (Wildman–Crippen MR) is 76.2 cm³/mol. The molecule has 0 amide bonds. The van der Waals surface area contributed by atoms with Crippen LogP contribution in [0.15, 0.2) is 0 Å². The van der Waals surface area contributed by atoms with E-state index in [-0.39, 0.29) is 75.1 Å². The van der Waals surface area contributed by atoms with Gasteiger partial charge in [0.2, 0.25) is 0 Å². The smallest absolute Gasteiger partial charge is 1.00 e. The Morgan fingerprint density at radius 3 is 1.22 bits per heavy atom. The SMILES string of the molecule is NCCNP(CC(=O)O)(CC(=O)O)(CC(=O)O)CC(=O)O.[H-].[H-].[Na+].[Na+]. The fraction of sp³-hybridized carbons (Fsp3) is 0.600. The van der Waals surface area contributed by atoms with Gasteiger partial charge < -0.3 is 2.85 Å². The third-order valence-electron chi connectivity index (χ3n) is 2.90. The van der Waals surface area contributed by atoms with E-state index >= 15 is 0 Å². The summed E-state index contributed by atoms with van der Waals surface area (Å²) in [6, 6.07) is 0. The average Bonchev–Trinajstić information content (AvgIpc) is 2.21. The third-order valence-corrected chi connectivity index (χ3v) is 8.42. The van der Waals surface area contributed by atoms with Crippen LogP contribution in [0.4, 0.5) is 0 Å². The molecule has 0 spiro atoms. The number of carbonyl (C=O) groups is 4. The van der Waals surface area contributed by atoms with E-state index in [1.165, 1.54) is 0 Å². The van der Waals surface area contributed by atoms with Crippen molar-refractivity contribution in [3.8, 4) is 0 Å². The Balaban J connectivity index is -0.000000333. The van der Waals surface area contributed by atoms with Gasteiger partial charge in [0.1, 0.15) is 0 Å². The minimum Gasteiger partial charge on any atom is -1.00 e. The van der Waals surface area contributed by atoms with Crippen LogP contribution in [0.3, 0.4) is 0 Å². The van der Waals surface area contributed by atoms with Crippen molar-refractivity contribution in [1.82, 2.24) is 5.09 Å². The number of nitrogens with one attached hydrogen (secondary N) is 1. The maximum Gasteiger partial charge on any atom is 1.00 e. The molecule has 10 nitrogen and oxygen atoms in total. The standard InChI is InChI=1S/C10H19N2O8P.2Na.2H/c11-1-2-12-21(3-7(13)14,4-8(15)16,5-9(17)18)6-10(19)20;;;;/h12H,1-6,11H2,(H,13,14)(H,15,16)(H,17,18)(H,19,20);;;;/q;2*+1;2*-1. The number of hydrogen-bond donors (Lipinski definition) is 6. The third kappa shape index (κ3) is 9.96. The number of carboxylic acid groups (broad SMARTS) is 4. The maximum absolute atomic E-state index is 11.1. The average molecular weight is 374 g/mol. The van der Waals surface area contributed by atoms with Crippen LogP contribution >= 0.6 is 6.75 Å². The summed E-state index contributed by atoms with van der Waals surface area (Å²) in [6.07, 6.45) is -3.40. The molecule has 0 saturated carbocycles. The molecule has 23 heavy (non-hydrogen) atoms. The van der Waals surface area contributed by atoms with Gasteiger partial charge in [0.25, 0.3) is 0 Å². The topological polar surface area (TPSA) is 187 Å². The van der Waals surface area contributed by atoms with Gasteiger partial charge in [0.15, 0.2) is 0 Å². The van der Waals surface area contributed by atoms with Gasteiger partial charge in [-0.1, -0.05) is 0 Å². The van der Waals surface area contributed by atoms with Crippen LogP contribution in [-0.4, -0.2) is 82.0 Å². The normalized spacial score (nSPS) is 12.0. The van der Waals surface area contributed by atoms with Gasteiger partial charge in [-0.25, -0.2) is 0 Å². The van der Waals surface area contributed by atoms with E-state index < -0.39 is 55.3 Å². The number of nitrogens with two attached hydrogens (primary N) is 1. The Labute approximate surface area is 179 Å². The molecular formula is C10H21N2Na2O8P. The Kier molecular flexibility index (Phi) is 14.3. The van der Waals surface area contributed by atoms with Gasteiger partial charge in [-0.15, -0.1) is 0 Å². The van der Waals surface area contributed by atoms with E-state index in [4.69, 9.17) is 26.2 Å². The molecule has 0 aromatic heterocycles. The largest absolute Gasteiger partial charge is 1.00 e. The Bertz CT molecular complexity index is 397. The summed E-state index contributed by atoms with van der Waals surface area (Å²) in [5.41, 5.74) is 5.29. The summed E-state index contributed by atoms with van der Waals surface area (Å²) in [5, 5.41) is 38.7. The number of aliphatic carboxylic acids is 4. The van der Waals surface area contributed by atoms with Crippen LogP contribution in [0.1, 0.15) is 2.85 Å². The second-order valence-electron chi connectivity index (χ2n) is 4.88. The molecule has 0 saturated heterocycles. The van der Waals surface area contributed by atoms with Crippen molar-refractivity contribution >= 4 is 30.6 Å². The zero-order valence-electron chi connectivity index (χ0n) is 15.2. The first-order chi connectivity index (χ1) is 9.54. The van der Waals surface area contributed by atoms with Gasteiger partial charge in [0.05, 0.1) is 0 Å². The second-order valence-corrected chi connectivity index (χ2v) is 10.4. The van der Waals surface area contributed by atoms with Gasteiger partial charge in [-0.05, 0) is 0 Å². The van der Waals surface area contributed by atoms with Crippen molar-refractivity contribution < 1.29 is 102 Å². The van der Waals surface area contributed by atoms with Crippen LogP contribution in [0.5, 0.6) is 0 Å². The van der Waals surface area contributed by atoms with Crippen molar-refractivity contribution in [2.45, 2.75) is 0 Å². The molecule has 0 atom stereocenters. The molecule has 0 aliphatic carbocycles. The second kappa shape index (κ2) is 11.7. The van der Waals surface area contributed by atoms with E-state index in [1.807, 2.05) is 0 Å². The molecule has 0 radical (unpaired) electrons. The summed E-state index contributed by atoms with van der Waals surface area (Å²) < 4.78 is 0. The van der Waals surface area contributed by atoms with Crippen molar-refractivity contribution in [3.63, 3.8) is 0 Å². The molecule has 0 rings (SSSR count). The fourth-order valence-corrected chi connectivity index (χ4v) is 7.07. The molecular weight excluding hydrogens is 353 g/mol. The number of hydrogen-bond acceptors (Lipinski definition) is 6. The first kappa shape index (κ1) is 28.1. The number of rotatable bonds is 11. The molecule has 0 aliphatic rings. The van der Waals surface area contributed by atoms with E-state index in [0.29, 0.717) is 0 Å². The fourth-order valence-electron chi connectivity index (χ4n) is 2.36. The molecule has 0 heterocycles. The summed E-state index contributed by atoms with van der Waals surface area (Å²) in [5.74, 6) is -5.83. The van der Waals surface area contributed by atoms with Crippen molar-refractivity contribution in [2.75, 3.05) is 37.7 Å². The number of carboxylic acids is 4. The monoisotopic (exact) mass is 374 g/mol. The predicted octanol–water partition coefficient (Wildman–Crippen LogP) is -7.43. The zero-order chi connectivity index (χ0) is 16.7. The van der Waals surface area contributed by atoms with Crippen LogP contribution in [0.25, 0.3) is 0 Å². The Morgan fingerprint density at radius 2 is 1.04 bits per heavy atom. The molecule has 0 fully saturated rings. The first-order valence-electron chi connectivity index (χ1n) is 5.88.